The van der Waals surface area contributed by atoms with Crippen molar-refractivity contribution in [2.45, 2.75) is 19.4 Å². The number of rotatable bonds is 5. The zero-order chi connectivity index (χ0) is 14.5. The molecule has 2 rings (SSSR count). The van der Waals surface area contributed by atoms with Crippen molar-refractivity contribution in [3.63, 3.8) is 0 Å². The highest BCUT2D eigenvalue weighted by Gasteiger charge is 2.15. The van der Waals surface area contributed by atoms with Crippen LogP contribution in [0.1, 0.15) is 24.9 Å². The first-order valence-corrected chi connectivity index (χ1v) is 6.75. The number of benzene rings is 1. The molecular weight excluding hydrogens is 253 g/mol. The quantitative estimate of drug-likeness (QED) is 0.897. The molecule has 0 radical (unpaired) electrons. The van der Waals surface area contributed by atoms with Crippen LogP contribution in [0.25, 0.3) is 0 Å². The van der Waals surface area contributed by atoms with Gasteiger partial charge in [-0.25, -0.2) is 4.39 Å². The third-order valence-electron chi connectivity index (χ3n) is 3.30. The van der Waals surface area contributed by atoms with Crippen molar-refractivity contribution < 1.29 is 4.39 Å². The number of anilines is 2. The van der Waals surface area contributed by atoms with Crippen molar-refractivity contribution in [1.82, 2.24) is 4.98 Å². The summed E-state index contributed by atoms with van der Waals surface area (Å²) < 4.78 is 13.9. The molecule has 0 saturated carbocycles. The number of halogens is 1. The lowest BCUT2D eigenvalue weighted by Crippen LogP contribution is -2.16. The third-order valence-corrected chi connectivity index (χ3v) is 3.30. The first-order valence-electron chi connectivity index (χ1n) is 6.75. The molecule has 0 amide bonds. The number of pyridine rings is 1. The molecule has 2 aromatic rings. The number of hydrogen-bond acceptors (Lipinski definition) is 3. The van der Waals surface area contributed by atoms with E-state index in [1.165, 1.54) is 6.07 Å². The van der Waals surface area contributed by atoms with Gasteiger partial charge in [-0.2, -0.15) is 0 Å². The van der Waals surface area contributed by atoms with Crippen LogP contribution in [0.4, 0.5) is 15.8 Å². The van der Waals surface area contributed by atoms with E-state index < -0.39 is 0 Å². The van der Waals surface area contributed by atoms with E-state index in [0.29, 0.717) is 5.56 Å². The minimum absolute atomic E-state index is 0.0703. The molecule has 3 nitrogen and oxygen atoms in total. The van der Waals surface area contributed by atoms with E-state index in [0.717, 1.165) is 17.8 Å². The Morgan fingerprint density at radius 1 is 1.25 bits per heavy atom. The van der Waals surface area contributed by atoms with Crippen molar-refractivity contribution in [2.75, 3.05) is 24.3 Å². The Morgan fingerprint density at radius 2 is 2.00 bits per heavy atom. The minimum Gasteiger partial charge on any atom is -0.376 e. The highest BCUT2D eigenvalue weighted by atomic mass is 19.1. The van der Waals surface area contributed by atoms with E-state index in [9.17, 15) is 4.39 Å². The van der Waals surface area contributed by atoms with Gasteiger partial charge in [0.05, 0.1) is 23.6 Å². The summed E-state index contributed by atoms with van der Waals surface area (Å²) in [5.41, 5.74) is 2.63. The number of aromatic nitrogens is 1. The molecule has 106 valence electrons. The van der Waals surface area contributed by atoms with Gasteiger partial charge in [0, 0.05) is 25.9 Å². The number of nitrogens with zero attached hydrogens (tertiary/aromatic N) is 2. The topological polar surface area (TPSA) is 28.2 Å². The lowest BCUT2D eigenvalue weighted by molar-refractivity contribution is 0.587. The van der Waals surface area contributed by atoms with Crippen LogP contribution in [-0.4, -0.2) is 19.1 Å². The Labute approximate surface area is 119 Å². The molecule has 0 bridgehead atoms. The monoisotopic (exact) mass is 273 g/mol. The molecule has 4 heteroatoms. The van der Waals surface area contributed by atoms with Crippen LogP contribution in [0.15, 0.2) is 42.7 Å². The summed E-state index contributed by atoms with van der Waals surface area (Å²) in [5, 5.41) is 3.39. The van der Waals surface area contributed by atoms with Crippen LogP contribution < -0.4 is 10.2 Å². The first kappa shape index (κ1) is 14.3. The molecule has 0 aliphatic heterocycles. The van der Waals surface area contributed by atoms with E-state index in [-0.39, 0.29) is 11.9 Å². The van der Waals surface area contributed by atoms with Gasteiger partial charge < -0.3 is 10.2 Å². The zero-order valence-electron chi connectivity index (χ0n) is 12.1. The lowest BCUT2D eigenvalue weighted by Gasteiger charge is -2.23. The van der Waals surface area contributed by atoms with Crippen LogP contribution in [0.5, 0.6) is 0 Å². The average molecular weight is 273 g/mol. The van der Waals surface area contributed by atoms with Gasteiger partial charge in [-0.15, -0.1) is 0 Å². The molecule has 1 aromatic carbocycles. The molecular formula is C16H20FN3. The fraction of sp³-hybridized carbons (Fsp3) is 0.312. The summed E-state index contributed by atoms with van der Waals surface area (Å²) in [5.74, 6) is -0.179. The molecule has 0 aliphatic rings. The molecule has 0 spiro atoms. The summed E-state index contributed by atoms with van der Waals surface area (Å²) in [6.07, 6.45) is 4.33. The highest BCUT2D eigenvalue weighted by molar-refractivity contribution is 5.68. The minimum atomic E-state index is -0.179. The SMILES string of the molecule is CCC(Nc1cnccc1N(C)C)c1ccccc1F. The van der Waals surface area contributed by atoms with E-state index in [4.69, 9.17) is 0 Å². The van der Waals surface area contributed by atoms with Crippen molar-refractivity contribution in [1.29, 1.82) is 0 Å². The van der Waals surface area contributed by atoms with E-state index in [1.807, 2.05) is 44.1 Å². The summed E-state index contributed by atoms with van der Waals surface area (Å²) in [7, 11) is 3.95. The Morgan fingerprint density at radius 3 is 2.65 bits per heavy atom. The van der Waals surface area contributed by atoms with E-state index >= 15 is 0 Å². The molecule has 0 saturated heterocycles. The second-order valence-corrected chi connectivity index (χ2v) is 4.91. The Kier molecular flexibility index (Phi) is 4.56. The van der Waals surface area contributed by atoms with Gasteiger partial charge in [0.2, 0.25) is 0 Å². The van der Waals surface area contributed by atoms with E-state index in [1.54, 1.807) is 18.5 Å². The summed E-state index contributed by atoms with van der Waals surface area (Å²) >= 11 is 0. The van der Waals surface area contributed by atoms with Gasteiger partial charge >= 0.3 is 0 Å². The maximum atomic E-state index is 13.9. The predicted molar refractivity (Wildman–Crippen MR) is 81.6 cm³/mol. The van der Waals surface area contributed by atoms with E-state index in [2.05, 4.69) is 10.3 Å². The zero-order valence-corrected chi connectivity index (χ0v) is 12.1. The van der Waals surface area contributed by atoms with Gasteiger partial charge in [-0.05, 0) is 18.6 Å². The van der Waals surface area contributed by atoms with Crippen molar-refractivity contribution in [3.05, 3.63) is 54.1 Å². The molecule has 20 heavy (non-hydrogen) atoms. The number of hydrogen-bond donors (Lipinski definition) is 1. The average Bonchev–Trinajstić information content (AvgIpc) is 2.46. The largest absolute Gasteiger partial charge is 0.376 e. The van der Waals surface area contributed by atoms with Gasteiger partial charge in [-0.3, -0.25) is 4.98 Å². The van der Waals surface area contributed by atoms with Crippen molar-refractivity contribution in [3.8, 4) is 0 Å². The van der Waals surface area contributed by atoms with Crippen LogP contribution in [0, 0.1) is 5.82 Å². The molecule has 1 heterocycles. The first-order chi connectivity index (χ1) is 9.63. The fourth-order valence-corrected chi connectivity index (χ4v) is 2.23. The normalized spacial score (nSPS) is 12.0. The summed E-state index contributed by atoms with van der Waals surface area (Å²) in [6, 6.07) is 8.76. The Hall–Kier alpha value is -2.10. The lowest BCUT2D eigenvalue weighted by atomic mass is 10.0. The van der Waals surface area contributed by atoms with Crippen LogP contribution >= 0.6 is 0 Å². The number of nitrogens with one attached hydrogen (secondary N) is 1. The van der Waals surface area contributed by atoms with Gasteiger partial charge in [0.25, 0.3) is 0 Å². The Bertz CT molecular complexity index is 569. The van der Waals surface area contributed by atoms with Crippen molar-refractivity contribution in [2.24, 2.45) is 0 Å². The molecule has 0 fully saturated rings. The van der Waals surface area contributed by atoms with Gasteiger partial charge in [0.1, 0.15) is 5.82 Å². The summed E-state index contributed by atoms with van der Waals surface area (Å²) in [6.45, 7) is 2.04. The second-order valence-electron chi connectivity index (χ2n) is 4.91. The van der Waals surface area contributed by atoms with Crippen LogP contribution in [-0.2, 0) is 0 Å². The maximum Gasteiger partial charge on any atom is 0.128 e. The summed E-state index contributed by atoms with van der Waals surface area (Å²) in [4.78, 5) is 6.16. The van der Waals surface area contributed by atoms with Crippen LogP contribution in [0.3, 0.4) is 0 Å². The Balaban J connectivity index is 2.30. The predicted octanol–water partition coefficient (Wildman–Crippen LogP) is 3.85. The van der Waals surface area contributed by atoms with Gasteiger partial charge in [-0.1, -0.05) is 25.1 Å². The molecule has 1 unspecified atom stereocenters. The fourth-order valence-electron chi connectivity index (χ4n) is 2.23. The smallest absolute Gasteiger partial charge is 0.128 e. The molecule has 1 N–H and O–H groups in total. The second kappa shape index (κ2) is 6.37. The van der Waals surface area contributed by atoms with Crippen molar-refractivity contribution >= 4 is 11.4 Å². The maximum absolute atomic E-state index is 13.9. The molecule has 1 atom stereocenters. The van der Waals surface area contributed by atoms with Gasteiger partial charge in [0.15, 0.2) is 0 Å². The molecule has 0 aliphatic carbocycles. The highest BCUT2D eigenvalue weighted by Crippen LogP contribution is 2.29. The third kappa shape index (κ3) is 3.07. The van der Waals surface area contributed by atoms with Crippen LogP contribution in [0.2, 0.25) is 0 Å². The molecule has 1 aromatic heterocycles. The standard InChI is InChI=1S/C16H20FN3/c1-4-14(12-7-5-6-8-13(12)17)19-15-11-18-10-9-16(15)20(2)3/h5-11,14,19H,4H2,1-3H3.